The van der Waals surface area contributed by atoms with Gasteiger partial charge in [-0.3, -0.25) is 10.1 Å². The second-order valence-electron chi connectivity index (χ2n) is 3.80. The van der Waals surface area contributed by atoms with E-state index in [1.165, 1.54) is 18.2 Å². The number of nitro benzene ring substituents is 1. The van der Waals surface area contributed by atoms with Gasteiger partial charge in [0.2, 0.25) is 0 Å². The van der Waals surface area contributed by atoms with E-state index in [1.54, 1.807) is 0 Å². The third-order valence-corrected chi connectivity index (χ3v) is 3.36. The molecule has 8 heteroatoms. The predicted octanol–water partition coefficient (Wildman–Crippen LogP) is 0.327. The molecule has 0 saturated heterocycles. The molecule has 0 radical (unpaired) electrons. The van der Waals surface area contributed by atoms with Crippen molar-refractivity contribution in [3.05, 3.63) is 31.9 Å². The molecule has 1 rings (SSSR count). The maximum absolute atomic E-state index is 10.6. The second kappa shape index (κ2) is 6.27. The topological polar surface area (TPSA) is 116 Å². The zero-order valence-corrected chi connectivity index (χ0v) is 11.5. The molecule has 0 amide bonds. The molecule has 1 aromatic carbocycles. The minimum atomic E-state index is -1.25. The molecule has 0 aromatic heterocycles. The van der Waals surface area contributed by atoms with Crippen LogP contribution in [0.1, 0.15) is 0 Å². The lowest BCUT2D eigenvalue weighted by Gasteiger charge is -2.30. The van der Waals surface area contributed by atoms with E-state index >= 15 is 0 Å². The van der Waals surface area contributed by atoms with E-state index in [2.05, 4.69) is 5.32 Å². The first kappa shape index (κ1) is 15.1. The van der Waals surface area contributed by atoms with Crippen LogP contribution in [0.2, 0.25) is 0 Å². The summed E-state index contributed by atoms with van der Waals surface area (Å²) in [6, 6.07) is 4.14. The Kier molecular flexibility index (Phi) is 5.26. The summed E-state index contributed by atoms with van der Waals surface area (Å²) >= 11 is 1.90. The number of non-ortho nitro benzene ring substituents is 1. The van der Waals surface area contributed by atoms with Gasteiger partial charge in [-0.05, 0) is 28.7 Å². The third kappa shape index (κ3) is 3.28. The lowest BCUT2D eigenvalue weighted by molar-refractivity contribution is -0.384. The number of aliphatic hydroxyl groups excluding tert-OH is 3. The van der Waals surface area contributed by atoms with E-state index in [0.29, 0.717) is 9.26 Å². The van der Waals surface area contributed by atoms with Crippen molar-refractivity contribution in [3.63, 3.8) is 0 Å². The molecule has 0 aliphatic rings. The second-order valence-corrected chi connectivity index (χ2v) is 4.96. The van der Waals surface area contributed by atoms with Crippen LogP contribution in [0.5, 0.6) is 0 Å². The minimum Gasteiger partial charge on any atom is -0.394 e. The molecule has 0 fully saturated rings. The molecule has 18 heavy (non-hydrogen) atoms. The van der Waals surface area contributed by atoms with Crippen LogP contribution in [-0.4, -0.2) is 45.6 Å². The summed E-state index contributed by atoms with van der Waals surface area (Å²) in [6.45, 7) is -1.40. The molecule has 0 spiro atoms. The van der Waals surface area contributed by atoms with Crippen molar-refractivity contribution in [1.82, 2.24) is 0 Å². The fourth-order valence-corrected chi connectivity index (χ4v) is 1.91. The highest BCUT2D eigenvalue weighted by Crippen LogP contribution is 2.26. The maximum Gasteiger partial charge on any atom is 0.270 e. The number of benzene rings is 1. The van der Waals surface area contributed by atoms with Crippen LogP contribution < -0.4 is 5.32 Å². The molecule has 4 N–H and O–H groups in total. The zero-order chi connectivity index (χ0) is 13.8. The van der Waals surface area contributed by atoms with Gasteiger partial charge in [0.05, 0.1) is 24.7 Å². The monoisotopic (exact) mass is 368 g/mol. The Morgan fingerprint density at radius 2 is 1.83 bits per heavy atom. The highest BCUT2D eigenvalue weighted by molar-refractivity contribution is 14.1. The van der Waals surface area contributed by atoms with Crippen LogP contribution in [0.25, 0.3) is 0 Å². The molecular formula is C10H13IN2O5. The van der Waals surface area contributed by atoms with Crippen molar-refractivity contribution in [2.45, 2.75) is 5.54 Å². The Morgan fingerprint density at radius 1 is 1.28 bits per heavy atom. The summed E-state index contributed by atoms with van der Waals surface area (Å²) in [5.74, 6) is 0. The van der Waals surface area contributed by atoms with E-state index in [4.69, 9.17) is 0 Å². The highest BCUT2D eigenvalue weighted by atomic mass is 127. The average molecular weight is 368 g/mol. The van der Waals surface area contributed by atoms with Gasteiger partial charge in [0, 0.05) is 21.4 Å². The van der Waals surface area contributed by atoms with Crippen LogP contribution in [0.3, 0.4) is 0 Å². The molecule has 0 aliphatic carbocycles. The first-order chi connectivity index (χ1) is 8.48. The number of aliphatic hydroxyl groups is 3. The first-order valence-corrected chi connectivity index (χ1v) is 6.10. The smallest absolute Gasteiger partial charge is 0.270 e. The number of halogens is 1. The van der Waals surface area contributed by atoms with Crippen molar-refractivity contribution < 1.29 is 20.2 Å². The lowest BCUT2D eigenvalue weighted by Crippen LogP contribution is -2.49. The van der Waals surface area contributed by atoms with Gasteiger partial charge < -0.3 is 20.6 Å². The van der Waals surface area contributed by atoms with Crippen molar-refractivity contribution in [1.29, 1.82) is 0 Å². The fraction of sp³-hybridized carbons (Fsp3) is 0.400. The molecule has 0 bridgehead atoms. The van der Waals surface area contributed by atoms with E-state index < -0.39 is 30.3 Å². The Balaban J connectivity index is 3.01. The molecule has 100 valence electrons. The van der Waals surface area contributed by atoms with Gasteiger partial charge in [0.15, 0.2) is 0 Å². The van der Waals surface area contributed by atoms with E-state index in [9.17, 15) is 25.4 Å². The quantitative estimate of drug-likeness (QED) is 0.327. The number of hydrogen-bond acceptors (Lipinski definition) is 6. The highest BCUT2D eigenvalue weighted by Gasteiger charge is 2.28. The number of nitrogens with one attached hydrogen (secondary N) is 1. The average Bonchev–Trinajstić information content (AvgIpc) is 2.38. The predicted molar refractivity (Wildman–Crippen MR) is 73.4 cm³/mol. The molecule has 0 saturated carbocycles. The van der Waals surface area contributed by atoms with Crippen LogP contribution in [0.4, 0.5) is 11.4 Å². The molecule has 0 heterocycles. The zero-order valence-electron chi connectivity index (χ0n) is 9.34. The fourth-order valence-electron chi connectivity index (χ4n) is 1.27. The number of nitro groups is 1. The van der Waals surface area contributed by atoms with E-state index in [0.717, 1.165) is 0 Å². The summed E-state index contributed by atoms with van der Waals surface area (Å²) < 4.78 is 0.557. The lowest BCUT2D eigenvalue weighted by atomic mass is 10.0. The van der Waals surface area contributed by atoms with Crippen molar-refractivity contribution in [2.75, 3.05) is 25.1 Å². The normalized spacial score (nSPS) is 11.3. The van der Waals surface area contributed by atoms with Gasteiger partial charge in [-0.1, -0.05) is 0 Å². The molecule has 0 unspecified atom stereocenters. The summed E-state index contributed by atoms with van der Waals surface area (Å²) in [7, 11) is 0. The van der Waals surface area contributed by atoms with Crippen LogP contribution in [0, 0.1) is 13.7 Å². The first-order valence-electron chi connectivity index (χ1n) is 5.03. The molecular weight excluding hydrogens is 355 g/mol. The largest absolute Gasteiger partial charge is 0.394 e. The Morgan fingerprint density at radius 3 is 2.22 bits per heavy atom. The Bertz CT molecular complexity index is 428. The maximum atomic E-state index is 10.6. The van der Waals surface area contributed by atoms with Gasteiger partial charge in [-0.2, -0.15) is 0 Å². The summed E-state index contributed by atoms with van der Waals surface area (Å²) in [5.41, 5.74) is -0.804. The number of nitrogens with zero attached hydrogens (tertiary/aromatic N) is 1. The van der Waals surface area contributed by atoms with Gasteiger partial charge >= 0.3 is 0 Å². The van der Waals surface area contributed by atoms with Gasteiger partial charge in [0.25, 0.3) is 5.69 Å². The van der Waals surface area contributed by atoms with Crippen molar-refractivity contribution in [2.24, 2.45) is 0 Å². The van der Waals surface area contributed by atoms with Crippen LogP contribution in [-0.2, 0) is 0 Å². The van der Waals surface area contributed by atoms with Gasteiger partial charge in [-0.25, -0.2) is 0 Å². The summed E-state index contributed by atoms with van der Waals surface area (Å²) in [6.07, 6.45) is 0. The van der Waals surface area contributed by atoms with Crippen LogP contribution in [0.15, 0.2) is 18.2 Å². The Hall–Kier alpha value is -0.970. The Labute approximate surface area is 117 Å². The van der Waals surface area contributed by atoms with Crippen molar-refractivity contribution >= 4 is 34.0 Å². The van der Waals surface area contributed by atoms with Gasteiger partial charge in [0.1, 0.15) is 5.54 Å². The minimum absolute atomic E-state index is 0.0486. The van der Waals surface area contributed by atoms with Crippen LogP contribution >= 0.6 is 22.6 Å². The van der Waals surface area contributed by atoms with Crippen molar-refractivity contribution in [3.8, 4) is 0 Å². The number of rotatable bonds is 6. The van der Waals surface area contributed by atoms with Gasteiger partial charge in [-0.15, -0.1) is 0 Å². The molecule has 0 atom stereocenters. The SMILES string of the molecule is O=[N+]([O-])c1ccc(NC(CO)(CO)CO)c(I)c1. The summed E-state index contributed by atoms with van der Waals surface area (Å²) in [5, 5.41) is 40.9. The molecule has 0 aliphatic heterocycles. The number of anilines is 1. The molecule has 1 aromatic rings. The number of hydrogen-bond donors (Lipinski definition) is 4. The molecule has 7 nitrogen and oxygen atoms in total. The van der Waals surface area contributed by atoms with E-state index in [1.807, 2.05) is 22.6 Å². The third-order valence-electron chi connectivity index (χ3n) is 2.47. The van der Waals surface area contributed by atoms with E-state index in [-0.39, 0.29) is 5.69 Å². The standard InChI is InChI=1S/C10H13IN2O5/c11-8-3-7(13(17)18)1-2-9(8)12-10(4-14,5-15)6-16/h1-3,12,14-16H,4-6H2. The summed E-state index contributed by atoms with van der Waals surface area (Å²) in [4.78, 5) is 10.1.